The smallest absolute Gasteiger partial charge is 0.252 e. The van der Waals surface area contributed by atoms with Gasteiger partial charge in [0.2, 0.25) is 0 Å². The van der Waals surface area contributed by atoms with Crippen molar-refractivity contribution in [3.8, 4) is 11.4 Å². The molecule has 0 saturated heterocycles. The van der Waals surface area contributed by atoms with E-state index in [0.717, 1.165) is 22.8 Å². The molecule has 1 amide bonds. The largest absolute Gasteiger partial charge is 0.350 e. The van der Waals surface area contributed by atoms with E-state index in [1.807, 2.05) is 38.2 Å². The zero-order valence-electron chi connectivity index (χ0n) is 13.7. The number of pyridine rings is 2. The van der Waals surface area contributed by atoms with E-state index in [4.69, 9.17) is 0 Å². The first kappa shape index (κ1) is 15.9. The Morgan fingerprint density at radius 3 is 2.58 bits per heavy atom. The van der Waals surface area contributed by atoms with Crippen LogP contribution < -0.4 is 5.32 Å². The van der Waals surface area contributed by atoms with E-state index in [0.29, 0.717) is 18.7 Å². The number of aryl methyl sites for hydroxylation is 2. The fourth-order valence-electron chi connectivity index (χ4n) is 2.46. The zero-order chi connectivity index (χ0) is 16.9. The Labute approximate surface area is 140 Å². The number of imidazole rings is 1. The Balaban J connectivity index is 1.66. The Morgan fingerprint density at radius 1 is 1.08 bits per heavy atom. The molecule has 3 rings (SSSR count). The minimum atomic E-state index is -0.120. The number of nitrogens with zero attached hydrogens (tertiary/aromatic N) is 4. The third-order valence-electron chi connectivity index (χ3n) is 3.79. The number of carbonyl (C=O) groups is 1. The molecule has 3 aromatic heterocycles. The van der Waals surface area contributed by atoms with Crippen molar-refractivity contribution in [2.75, 3.05) is 6.54 Å². The molecule has 0 aliphatic heterocycles. The summed E-state index contributed by atoms with van der Waals surface area (Å²) in [5, 5.41) is 2.92. The Kier molecular flexibility index (Phi) is 4.65. The summed E-state index contributed by atoms with van der Waals surface area (Å²) in [6, 6.07) is 7.46. The van der Waals surface area contributed by atoms with Crippen molar-refractivity contribution >= 4 is 5.91 Å². The summed E-state index contributed by atoms with van der Waals surface area (Å²) in [5.41, 5.74) is 3.51. The first-order chi connectivity index (χ1) is 11.6. The molecule has 0 aliphatic rings. The first-order valence-corrected chi connectivity index (χ1v) is 7.78. The van der Waals surface area contributed by atoms with Gasteiger partial charge < -0.3 is 9.88 Å². The fraction of sp³-hybridized carbons (Fsp3) is 0.222. The molecular weight excluding hydrogens is 302 g/mol. The van der Waals surface area contributed by atoms with Crippen LogP contribution in [-0.4, -0.2) is 32.0 Å². The van der Waals surface area contributed by atoms with Crippen LogP contribution >= 0.6 is 0 Å². The van der Waals surface area contributed by atoms with Crippen LogP contribution in [0.2, 0.25) is 0 Å². The predicted molar refractivity (Wildman–Crippen MR) is 91.5 cm³/mol. The maximum atomic E-state index is 12.1. The minimum Gasteiger partial charge on any atom is -0.350 e. The first-order valence-electron chi connectivity index (χ1n) is 7.78. The van der Waals surface area contributed by atoms with Crippen LogP contribution in [0.4, 0.5) is 0 Å². The van der Waals surface area contributed by atoms with Crippen molar-refractivity contribution in [1.82, 2.24) is 24.8 Å². The van der Waals surface area contributed by atoms with Gasteiger partial charge in [-0.3, -0.25) is 14.8 Å². The van der Waals surface area contributed by atoms with Crippen LogP contribution in [-0.2, 0) is 6.54 Å². The van der Waals surface area contributed by atoms with Gasteiger partial charge in [0.25, 0.3) is 5.91 Å². The monoisotopic (exact) mass is 321 g/mol. The van der Waals surface area contributed by atoms with Gasteiger partial charge in [-0.25, -0.2) is 4.98 Å². The Bertz CT molecular complexity index is 824. The number of hydrogen-bond acceptors (Lipinski definition) is 4. The molecule has 0 saturated carbocycles. The van der Waals surface area contributed by atoms with Crippen LogP contribution in [0.5, 0.6) is 0 Å². The summed E-state index contributed by atoms with van der Waals surface area (Å²) in [6.07, 6.45) is 6.92. The molecule has 0 spiro atoms. The molecule has 6 heteroatoms. The second kappa shape index (κ2) is 7.04. The Morgan fingerprint density at radius 2 is 1.88 bits per heavy atom. The third-order valence-corrected chi connectivity index (χ3v) is 3.79. The summed E-state index contributed by atoms with van der Waals surface area (Å²) in [6.45, 7) is 5.06. The fourth-order valence-corrected chi connectivity index (χ4v) is 2.46. The lowest BCUT2D eigenvalue weighted by Gasteiger charge is -2.11. The molecule has 1 N–H and O–H groups in total. The minimum absolute atomic E-state index is 0.120. The maximum absolute atomic E-state index is 12.1. The van der Waals surface area contributed by atoms with E-state index in [1.54, 1.807) is 24.7 Å². The summed E-state index contributed by atoms with van der Waals surface area (Å²) < 4.78 is 2.09. The van der Waals surface area contributed by atoms with Gasteiger partial charge in [-0.15, -0.1) is 0 Å². The zero-order valence-corrected chi connectivity index (χ0v) is 13.7. The highest BCUT2D eigenvalue weighted by Gasteiger charge is 2.10. The van der Waals surface area contributed by atoms with Crippen molar-refractivity contribution in [3.63, 3.8) is 0 Å². The molecule has 122 valence electrons. The van der Waals surface area contributed by atoms with Crippen LogP contribution in [0.25, 0.3) is 11.4 Å². The lowest BCUT2D eigenvalue weighted by Crippen LogP contribution is -2.27. The summed E-state index contributed by atoms with van der Waals surface area (Å²) in [5.74, 6) is 0.756. The highest BCUT2D eigenvalue weighted by molar-refractivity contribution is 5.93. The van der Waals surface area contributed by atoms with Crippen molar-refractivity contribution in [1.29, 1.82) is 0 Å². The van der Waals surface area contributed by atoms with E-state index in [1.165, 1.54) is 0 Å². The molecule has 3 aromatic rings. The van der Waals surface area contributed by atoms with Crippen molar-refractivity contribution in [2.45, 2.75) is 20.4 Å². The summed E-state index contributed by atoms with van der Waals surface area (Å²) in [4.78, 5) is 24.8. The number of carbonyl (C=O) groups excluding carboxylic acids is 1. The van der Waals surface area contributed by atoms with Gasteiger partial charge in [-0.1, -0.05) is 0 Å². The highest BCUT2D eigenvalue weighted by Crippen LogP contribution is 2.18. The molecule has 0 bridgehead atoms. The molecule has 0 radical (unpaired) electrons. The molecule has 0 unspecified atom stereocenters. The molecule has 0 fully saturated rings. The average molecular weight is 321 g/mol. The topological polar surface area (TPSA) is 72.7 Å². The van der Waals surface area contributed by atoms with Crippen LogP contribution in [0.1, 0.15) is 21.7 Å². The molecule has 0 atom stereocenters. The van der Waals surface area contributed by atoms with E-state index >= 15 is 0 Å². The lowest BCUT2D eigenvalue weighted by atomic mass is 10.2. The molecule has 0 aliphatic carbocycles. The molecular formula is C18H19N5O. The van der Waals surface area contributed by atoms with Crippen molar-refractivity contribution in [3.05, 3.63) is 66.0 Å². The highest BCUT2D eigenvalue weighted by atomic mass is 16.1. The van der Waals surface area contributed by atoms with Gasteiger partial charge in [0.15, 0.2) is 0 Å². The second-order valence-corrected chi connectivity index (χ2v) is 5.55. The third kappa shape index (κ3) is 3.48. The Hall–Kier alpha value is -3.02. The summed E-state index contributed by atoms with van der Waals surface area (Å²) >= 11 is 0. The molecule has 6 nitrogen and oxygen atoms in total. The lowest BCUT2D eigenvalue weighted by molar-refractivity contribution is 0.0952. The SMILES string of the molecule is Cc1ccc(C(=O)NCCn2c(C)cnc2-c2ccncc2)cn1. The standard InChI is InChI=1S/C18H19N5O/c1-13-3-4-16(12-21-13)18(24)20-9-10-23-14(2)11-22-17(23)15-5-7-19-8-6-15/h3-8,11-12H,9-10H2,1-2H3,(H,20,24). The van der Waals surface area contributed by atoms with Gasteiger partial charge in [-0.05, 0) is 38.1 Å². The molecule has 24 heavy (non-hydrogen) atoms. The van der Waals surface area contributed by atoms with Gasteiger partial charge in [0.05, 0.1) is 5.56 Å². The van der Waals surface area contributed by atoms with E-state index < -0.39 is 0 Å². The quantitative estimate of drug-likeness (QED) is 0.783. The van der Waals surface area contributed by atoms with Crippen LogP contribution in [0, 0.1) is 13.8 Å². The number of nitrogens with one attached hydrogen (secondary N) is 1. The number of rotatable bonds is 5. The summed E-state index contributed by atoms with van der Waals surface area (Å²) in [7, 11) is 0. The number of aromatic nitrogens is 4. The average Bonchev–Trinajstić information content (AvgIpc) is 2.97. The second-order valence-electron chi connectivity index (χ2n) is 5.55. The normalized spacial score (nSPS) is 10.6. The van der Waals surface area contributed by atoms with E-state index in [-0.39, 0.29) is 5.91 Å². The molecule has 0 aromatic carbocycles. The predicted octanol–water partition coefficient (Wildman–Crippen LogP) is 2.39. The van der Waals surface area contributed by atoms with Gasteiger partial charge in [-0.2, -0.15) is 0 Å². The van der Waals surface area contributed by atoms with E-state index in [9.17, 15) is 4.79 Å². The number of amides is 1. The number of hydrogen-bond donors (Lipinski definition) is 1. The van der Waals surface area contributed by atoms with Gasteiger partial charge in [0, 0.05) is 54.8 Å². The van der Waals surface area contributed by atoms with Crippen LogP contribution in [0.3, 0.4) is 0 Å². The molecule has 3 heterocycles. The van der Waals surface area contributed by atoms with Gasteiger partial charge >= 0.3 is 0 Å². The van der Waals surface area contributed by atoms with E-state index in [2.05, 4.69) is 24.8 Å². The van der Waals surface area contributed by atoms with Crippen molar-refractivity contribution < 1.29 is 4.79 Å². The van der Waals surface area contributed by atoms with Crippen LogP contribution in [0.15, 0.2) is 49.1 Å². The van der Waals surface area contributed by atoms with Gasteiger partial charge in [0.1, 0.15) is 5.82 Å². The maximum Gasteiger partial charge on any atom is 0.252 e. The van der Waals surface area contributed by atoms with Crippen molar-refractivity contribution in [2.24, 2.45) is 0 Å².